The molecule has 2 aromatic rings. The number of hydrogen-bond donors (Lipinski definition) is 2. The number of nitrogens with one attached hydrogen (secondary N) is 1. The topological polar surface area (TPSA) is 75.2 Å². The zero-order valence-electron chi connectivity index (χ0n) is 11.9. The van der Waals surface area contributed by atoms with Gasteiger partial charge in [-0.2, -0.15) is 0 Å². The molecule has 0 saturated carbocycles. The third-order valence-corrected chi connectivity index (χ3v) is 3.15. The smallest absolute Gasteiger partial charge is 0.309 e. The van der Waals surface area contributed by atoms with Crippen molar-refractivity contribution >= 4 is 5.97 Å². The molecule has 1 aromatic heterocycles. The maximum absolute atomic E-state index is 10.8. The number of carboxylic acids is 1. The zero-order valence-corrected chi connectivity index (χ0v) is 11.9. The third kappa shape index (κ3) is 3.17. The highest BCUT2D eigenvalue weighted by Gasteiger charge is 2.12. The Hall–Kier alpha value is -2.30. The second-order valence-electron chi connectivity index (χ2n) is 4.82. The number of methoxy groups -OCH3 is 1. The van der Waals surface area contributed by atoms with Gasteiger partial charge < -0.3 is 14.8 Å². The fraction of sp³-hybridized carbons (Fsp3) is 0.333. The van der Waals surface area contributed by atoms with Gasteiger partial charge in [0.2, 0.25) is 0 Å². The number of H-pyrrole nitrogens is 1. The van der Waals surface area contributed by atoms with Gasteiger partial charge >= 0.3 is 5.97 Å². The normalized spacial score (nSPS) is 10.6. The first-order chi connectivity index (χ1) is 9.49. The van der Waals surface area contributed by atoms with E-state index in [4.69, 9.17) is 9.84 Å². The van der Waals surface area contributed by atoms with Crippen molar-refractivity contribution in [2.45, 2.75) is 26.7 Å². The zero-order chi connectivity index (χ0) is 14.7. The molecule has 1 heterocycles. The molecule has 0 bridgehead atoms. The minimum absolute atomic E-state index is 0.0622. The first kappa shape index (κ1) is 14.1. The molecule has 0 unspecified atom stereocenters. The van der Waals surface area contributed by atoms with Crippen LogP contribution in [0.15, 0.2) is 18.2 Å². The molecule has 106 valence electrons. The fourth-order valence-corrected chi connectivity index (χ4v) is 2.19. The summed E-state index contributed by atoms with van der Waals surface area (Å²) in [6.45, 7) is 3.86. The molecule has 20 heavy (non-hydrogen) atoms. The first-order valence-electron chi connectivity index (χ1n) is 6.39. The van der Waals surface area contributed by atoms with Crippen molar-refractivity contribution in [3.8, 4) is 5.75 Å². The molecule has 0 spiro atoms. The lowest BCUT2D eigenvalue weighted by molar-refractivity contribution is -0.136. The SMILES string of the molecule is COc1ccc(C)cc1Cc1nc(CC(=O)O)c(C)[nH]1. The number of aromatic nitrogens is 2. The van der Waals surface area contributed by atoms with Crippen molar-refractivity contribution < 1.29 is 14.6 Å². The van der Waals surface area contributed by atoms with Crippen molar-refractivity contribution in [2.75, 3.05) is 7.11 Å². The molecule has 2 rings (SSSR count). The summed E-state index contributed by atoms with van der Waals surface area (Å²) in [5, 5.41) is 8.84. The Balaban J connectivity index is 2.26. The van der Waals surface area contributed by atoms with E-state index in [0.29, 0.717) is 12.1 Å². The van der Waals surface area contributed by atoms with Crippen molar-refractivity contribution in [3.05, 3.63) is 46.5 Å². The van der Waals surface area contributed by atoms with Gasteiger partial charge in [0.05, 0.1) is 19.2 Å². The second kappa shape index (κ2) is 5.77. The van der Waals surface area contributed by atoms with E-state index in [1.54, 1.807) is 7.11 Å². The Bertz CT molecular complexity index is 632. The number of nitrogens with zero attached hydrogens (tertiary/aromatic N) is 1. The lowest BCUT2D eigenvalue weighted by Crippen LogP contribution is -2.02. The number of rotatable bonds is 5. The Labute approximate surface area is 117 Å². The van der Waals surface area contributed by atoms with Crippen LogP contribution in [0.1, 0.15) is 28.3 Å². The van der Waals surface area contributed by atoms with E-state index in [9.17, 15) is 4.79 Å². The van der Waals surface area contributed by atoms with Crippen molar-refractivity contribution in [3.63, 3.8) is 0 Å². The summed E-state index contributed by atoms with van der Waals surface area (Å²) in [4.78, 5) is 18.3. The van der Waals surface area contributed by atoms with Crippen molar-refractivity contribution in [1.82, 2.24) is 9.97 Å². The third-order valence-electron chi connectivity index (χ3n) is 3.15. The minimum atomic E-state index is -0.876. The molecule has 0 saturated heterocycles. The molecule has 0 aliphatic rings. The van der Waals surface area contributed by atoms with Gasteiger partial charge in [0.1, 0.15) is 11.6 Å². The molecular formula is C15H18N2O3. The highest BCUT2D eigenvalue weighted by atomic mass is 16.5. The number of carbonyl (C=O) groups is 1. The summed E-state index contributed by atoms with van der Waals surface area (Å²) in [6, 6.07) is 5.97. The number of carboxylic acid groups (broad SMARTS) is 1. The Morgan fingerprint density at radius 3 is 2.80 bits per heavy atom. The fourth-order valence-electron chi connectivity index (χ4n) is 2.19. The van der Waals surface area contributed by atoms with Crippen LogP contribution in [0.3, 0.4) is 0 Å². The van der Waals surface area contributed by atoms with Gasteiger partial charge in [-0.15, -0.1) is 0 Å². The van der Waals surface area contributed by atoms with Gasteiger partial charge in [0.25, 0.3) is 0 Å². The summed E-state index contributed by atoms with van der Waals surface area (Å²) in [6.07, 6.45) is 0.526. The lowest BCUT2D eigenvalue weighted by atomic mass is 10.1. The Kier molecular flexibility index (Phi) is 4.08. The molecule has 0 fully saturated rings. The Morgan fingerprint density at radius 1 is 1.40 bits per heavy atom. The molecule has 5 heteroatoms. The largest absolute Gasteiger partial charge is 0.496 e. The number of aliphatic carboxylic acids is 1. The number of hydrogen-bond acceptors (Lipinski definition) is 3. The number of benzene rings is 1. The molecule has 1 aromatic carbocycles. The second-order valence-corrected chi connectivity index (χ2v) is 4.82. The van der Waals surface area contributed by atoms with E-state index in [1.165, 1.54) is 0 Å². The lowest BCUT2D eigenvalue weighted by Gasteiger charge is -2.08. The van der Waals surface area contributed by atoms with Gasteiger partial charge in [-0.05, 0) is 19.9 Å². The summed E-state index contributed by atoms with van der Waals surface area (Å²) >= 11 is 0. The van der Waals surface area contributed by atoms with Crippen LogP contribution < -0.4 is 4.74 Å². The number of imidazole rings is 1. The van der Waals surface area contributed by atoms with Crippen LogP contribution in [0.5, 0.6) is 5.75 Å². The van der Waals surface area contributed by atoms with Crippen LogP contribution in [-0.2, 0) is 17.6 Å². The monoisotopic (exact) mass is 274 g/mol. The molecule has 5 nitrogen and oxygen atoms in total. The van der Waals surface area contributed by atoms with Crippen LogP contribution in [0.4, 0.5) is 0 Å². The number of aromatic amines is 1. The summed E-state index contributed by atoms with van der Waals surface area (Å²) in [5.74, 6) is 0.686. The Morgan fingerprint density at radius 2 is 2.15 bits per heavy atom. The van der Waals surface area contributed by atoms with Gasteiger partial charge in [0, 0.05) is 17.7 Å². The van der Waals surface area contributed by atoms with Crippen LogP contribution in [0.25, 0.3) is 0 Å². The van der Waals surface area contributed by atoms with E-state index >= 15 is 0 Å². The molecule has 0 radical (unpaired) electrons. The maximum atomic E-state index is 10.8. The molecule has 0 atom stereocenters. The molecule has 0 aliphatic heterocycles. The molecule has 0 amide bonds. The first-order valence-corrected chi connectivity index (χ1v) is 6.39. The van der Waals surface area contributed by atoms with Crippen LogP contribution in [0, 0.1) is 13.8 Å². The molecule has 0 aliphatic carbocycles. The van der Waals surface area contributed by atoms with E-state index in [-0.39, 0.29) is 6.42 Å². The maximum Gasteiger partial charge on any atom is 0.309 e. The van der Waals surface area contributed by atoms with E-state index in [1.807, 2.05) is 32.0 Å². The van der Waals surface area contributed by atoms with Crippen LogP contribution in [0.2, 0.25) is 0 Å². The van der Waals surface area contributed by atoms with Gasteiger partial charge in [-0.3, -0.25) is 4.79 Å². The highest BCUT2D eigenvalue weighted by Crippen LogP contribution is 2.22. The van der Waals surface area contributed by atoms with Gasteiger partial charge in [-0.25, -0.2) is 4.98 Å². The highest BCUT2D eigenvalue weighted by molar-refractivity contribution is 5.69. The van der Waals surface area contributed by atoms with Crippen molar-refractivity contribution in [1.29, 1.82) is 0 Å². The quantitative estimate of drug-likeness (QED) is 0.877. The van der Waals surface area contributed by atoms with Crippen LogP contribution in [-0.4, -0.2) is 28.2 Å². The van der Waals surface area contributed by atoms with E-state index < -0.39 is 5.97 Å². The van der Waals surface area contributed by atoms with Crippen LogP contribution >= 0.6 is 0 Å². The van der Waals surface area contributed by atoms with Gasteiger partial charge in [0.15, 0.2) is 0 Å². The minimum Gasteiger partial charge on any atom is -0.496 e. The summed E-state index contributed by atoms with van der Waals surface area (Å²) in [7, 11) is 1.64. The average Bonchev–Trinajstić information content (AvgIpc) is 2.69. The predicted molar refractivity (Wildman–Crippen MR) is 75.2 cm³/mol. The van der Waals surface area contributed by atoms with Crippen molar-refractivity contribution in [2.24, 2.45) is 0 Å². The number of aryl methyl sites for hydroxylation is 2. The van der Waals surface area contributed by atoms with E-state index in [2.05, 4.69) is 9.97 Å². The van der Waals surface area contributed by atoms with Gasteiger partial charge in [-0.1, -0.05) is 17.7 Å². The summed E-state index contributed by atoms with van der Waals surface area (Å²) < 4.78 is 5.34. The summed E-state index contributed by atoms with van der Waals surface area (Å²) in [5.41, 5.74) is 3.56. The van der Waals surface area contributed by atoms with E-state index in [0.717, 1.165) is 28.4 Å². The molecule has 2 N–H and O–H groups in total. The number of ether oxygens (including phenoxy) is 1. The predicted octanol–water partition coefficient (Wildman–Crippen LogP) is 2.25. The molecular weight excluding hydrogens is 256 g/mol. The standard InChI is InChI=1S/C15H18N2O3/c1-9-4-5-13(20-3)11(6-9)7-14-16-10(2)12(17-14)8-15(18)19/h4-6H,7-8H2,1-3H3,(H,16,17)(H,18,19). The average molecular weight is 274 g/mol.